The van der Waals surface area contributed by atoms with Crippen LogP contribution in [-0.4, -0.2) is 11.9 Å². The van der Waals surface area contributed by atoms with Crippen molar-refractivity contribution in [2.75, 3.05) is 7.05 Å². The van der Waals surface area contributed by atoms with E-state index in [1.54, 1.807) is 6.07 Å². The van der Waals surface area contributed by atoms with Crippen LogP contribution in [0.25, 0.3) is 5.70 Å². The summed E-state index contributed by atoms with van der Waals surface area (Å²) in [5.41, 5.74) is 3.13. The van der Waals surface area contributed by atoms with Crippen molar-refractivity contribution in [3.05, 3.63) is 64.1 Å². The smallest absolute Gasteiger partial charge is 0.0792 e. The van der Waals surface area contributed by atoms with Gasteiger partial charge in [-0.15, -0.1) is 11.6 Å². The van der Waals surface area contributed by atoms with Crippen LogP contribution in [0.3, 0.4) is 0 Å². The van der Waals surface area contributed by atoms with Crippen molar-refractivity contribution in [2.45, 2.75) is 6.92 Å². The average Bonchev–Trinajstić information content (AvgIpc) is 2.28. The van der Waals surface area contributed by atoms with Crippen LogP contribution in [0.4, 0.5) is 4.39 Å². The molecule has 2 rings (SSSR count). The first kappa shape index (κ1) is 15.8. The fourth-order valence-corrected chi connectivity index (χ4v) is 2.03. The van der Waals surface area contributed by atoms with Gasteiger partial charge in [0.2, 0.25) is 0 Å². The number of likely N-dealkylation sites (N-methyl/N-ethyl adjacent to an activating group) is 1. The summed E-state index contributed by atoms with van der Waals surface area (Å²) in [4.78, 5) is 1.85. The Kier molecular flexibility index (Phi) is 5.51. The van der Waals surface area contributed by atoms with Crippen LogP contribution in [0.5, 0.6) is 0 Å². The second-order valence-electron chi connectivity index (χ2n) is 3.95. The van der Waals surface area contributed by atoms with Gasteiger partial charge in [0.1, 0.15) is 0 Å². The summed E-state index contributed by atoms with van der Waals surface area (Å²) in [6.45, 7) is 5.92. The molecular weight excluding hydrogens is 370 g/mol. The number of allylic oxidation sites excluding steroid dienone is 3. The van der Waals surface area contributed by atoms with E-state index in [0.29, 0.717) is 11.3 Å². The van der Waals surface area contributed by atoms with Crippen molar-refractivity contribution in [1.29, 1.82) is 0 Å². The Labute approximate surface area is 140 Å². The van der Waals surface area contributed by atoms with Crippen molar-refractivity contribution >= 4 is 21.6 Å². The summed E-state index contributed by atoms with van der Waals surface area (Å²) in [6, 6.07) is 5.00. The number of halogens is 2. The molecule has 0 saturated heterocycles. The van der Waals surface area contributed by atoms with Crippen molar-refractivity contribution in [3.8, 4) is 0 Å². The normalized spacial score (nSPS) is 14.9. The van der Waals surface area contributed by atoms with Crippen LogP contribution < -0.4 is 0 Å². The molecule has 0 bridgehead atoms. The second-order valence-corrected chi connectivity index (χ2v) is 4.87. The third-order valence-corrected chi connectivity index (χ3v) is 3.30. The Morgan fingerprint density at radius 1 is 1.39 bits per heavy atom. The molecule has 0 atom stereocenters. The summed E-state index contributed by atoms with van der Waals surface area (Å²) in [5.74, 6) is -0.269. The molecule has 91 valence electrons. The largest absolute Gasteiger partial charge is 0.378 e. The second kappa shape index (κ2) is 6.27. The predicted molar refractivity (Wildman–Crippen MR) is 71.4 cm³/mol. The number of benzene rings is 1. The summed E-state index contributed by atoms with van der Waals surface area (Å²) in [5, 5.41) is 0. The standard InChI is InChI=1S/C14H12BrFN.Y/c1-9-4-7-14(17(3)10(9)2)12-6-5-11(15)8-13(12)16;/h4-6,8H,2H2,1,3H3;/q-1;. The van der Waals surface area contributed by atoms with Crippen LogP contribution in [0.2, 0.25) is 0 Å². The van der Waals surface area contributed by atoms with Crippen molar-refractivity contribution in [2.24, 2.45) is 0 Å². The molecule has 1 aromatic carbocycles. The summed E-state index contributed by atoms with van der Waals surface area (Å²) < 4.78 is 14.6. The van der Waals surface area contributed by atoms with Gasteiger partial charge in [-0.2, -0.15) is 12.2 Å². The molecule has 4 heteroatoms. The molecule has 0 aliphatic carbocycles. The maximum atomic E-state index is 13.9. The third-order valence-electron chi connectivity index (χ3n) is 2.81. The zero-order valence-corrected chi connectivity index (χ0v) is 14.7. The van der Waals surface area contributed by atoms with Crippen LogP contribution in [0.1, 0.15) is 12.5 Å². The maximum absolute atomic E-state index is 13.9. The summed E-state index contributed by atoms with van der Waals surface area (Å²) in [7, 11) is 1.86. The van der Waals surface area contributed by atoms with Gasteiger partial charge in [-0.1, -0.05) is 46.8 Å². The van der Waals surface area contributed by atoms with E-state index >= 15 is 0 Å². The van der Waals surface area contributed by atoms with Crippen molar-refractivity contribution in [1.82, 2.24) is 4.90 Å². The van der Waals surface area contributed by atoms with E-state index in [1.807, 2.05) is 31.0 Å². The van der Waals surface area contributed by atoms with Crippen LogP contribution >= 0.6 is 15.9 Å². The molecule has 1 heterocycles. The molecule has 0 amide bonds. The zero-order chi connectivity index (χ0) is 12.6. The van der Waals surface area contributed by atoms with Gasteiger partial charge in [0, 0.05) is 44.2 Å². The van der Waals surface area contributed by atoms with Gasteiger partial charge in [-0.3, -0.25) is 0 Å². The Morgan fingerprint density at radius 3 is 2.67 bits per heavy atom. The van der Waals surface area contributed by atoms with Crippen LogP contribution in [0.15, 0.2) is 46.6 Å². The predicted octanol–water partition coefficient (Wildman–Crippen LogP) is 4.14. The Morgan fingerprint density at radius 2 is 2.06 bits per heavy atom. The quantitative estimate of drug-likeness (QED) is 0.661. The third kappa shape index (κ3) is 3.01. The number of nitrogens with zero attached hydrogens (tertiary/aromatic N) is 1. The topological polar surface area (TPSA) is 3.24 Å². The minimum Gasteiger partial charge on any atom is -0.378 e. The molecule has 0 spiro atoms. The van der Waals surface area contributed by atoms with Crippen molar-refractivity contribution in [3.63, 3.8) is 0 Å². The van der Waals surface area contributed by atoms with E-state index in [2.05, 4.69) is 28.6 Å². The molecule has 1 aromatic rings. The Balaban J connectivity index is 0.00000162. The fourth-order valence-electron chi connectivity index (χ4n) is 1.70. The van der Waals surface area contributed by atoms with Crippen LogP contribution in [0, 0.1) is 11.9 Å². The van der Waals surface area contributed by atoms with E-state index in [0.717, 1.165) is 15.7 Å². The number of rotatable bonds is 1. The molecule has 1 radical (unpaired) electrons. The minimum absolute atomic E-state index is 0. The SMILES string of the molecule is C=C1C(C)=C[C-]=C(c2ccc(Br)cc2F)N1C.[Y]. The van der Waals surface area contributed by atoms with E-state index in [4.69, 9.17) is 0 Å². The number of hydrogen-bond donors (Lipinski definition) is 0. The van der Waals surface area contributed by atoms with E-state index in [9.17, 15) is 4.39 Å². The van der Waals surface area contributed by atoms with Gasteiger partial charge in [0.15, 0.2) is 0 Å². The monoisotopic (exact) mass is 381 g/mol. The zero-order valence-electron chi connectivity index (χ0n) is 10.3. The molecule has 0 N–H and O–H groups in total. The van der Waals surface area contributed by atoms with Gasteiger partial charge < -0.3 is 4.90 Å². The molecule has 0 aromatic heterocycles. The fraction of sp³-hybridized carbons (Fsp3) is 0.143. The molecule has 0 fully saturated rings. The Bertz CT molecular complexity index is 549. The molecule has 0 unspecified atom stereocenters. The first-order chi connectivity index (χ1) is 8.00. The van der Waals surface area contributed by atoms with Crippen LogP contribution in [-0.2, 0) is 32.7 Å². The van der Waals surface area contributed by atoms with E-state index in [1.165, 1.54) is 6.07 Å². The first-order valence-electron chi connectivity index (χ1n) is 5.19. The molecule has 0 saturated carbocycles. The van der Waals surface area contributed by atoms with E-state index < -0.39 is 0 Å². The number of hydrogen-bond acceptors (Lipinski definition) is 1. The molecular formula is C14H12BrFNY-. The van der Waals surface area contributed by atoms with Gasteiger partial charge in [0.05, 0.1) is 5.82 Å². The van der Waals surface area contributed by atoms with Gasteiger partial charge in [0.25, 0.3) is 0 Å². The maximum Gasteiger partial charge on any atom is 0.0792 e. The molecule has 18 heavy (non-hydrogen) atoms. The first-order valence-corrected chi connectivity index (χ1v) is 5.98. The summed E-state index contributed by atoms with van der Waals surface area (Å²) in [6.07, 6.45) is 4.92. The average molecular weight is 382 g/mol. The van der Waals surface area contributed by atoms with Gasteiger partial charge in [-0.25, -0.2) is 4.39 Å². The summed E-state index contributed by atoms with van der Waals surface area (Å²) >= 11 is 3.24. The van der Waals surface area contributed by atoms with Gasteiger partial charge >= 0.3 is 0 Å². The van der Waals surface area contributed by atoms with Gasteiger partial charge in [-0.05, 0) is 11.8 Å². The van der Waals surface area contributed by atoms with E-state index in [-0.39, 0.29) is 38.5 Å². The molecule has 1 aliphatic heterocycles. The van der Waals surface area contributed by atoms with Crippen molar-refractivity contribution < 1.29 is 37.1 Å². The molecule has 1 nitrogen and oxygen atoms in total. The molecule has 1 aliphatic rings. The Hall–Kier alpha value is -0.246. The minimum atomic E-state index is -0.269.